The molecule has 0 atom stereocenters. The Morgan fingerprint density at radius 3 is 2.76 bits per heavy atom. The molecule has 0 unspecified atom stereocenters. The van der Waals surface area contributed by atoms with E-state index in [1.165, 1.54) is 4.90 Å². The Hall–Kier alpha value is -1.94. The second-order valence-corrected chi connectivity index (χ2v) is 3.85. The lowest BCUT2D eigenvalue weighted by atomic mass is 9.98. The van der Waals surface area contributed by atoms with Crippen LogP contribution in [0.5, 0.6) is 0 Å². The van der Waals surface area contributed by atoms with Crippen LogP contribution in [0.1, 0.15) is 15.9 Å². The van der Waals surface area contributed by atoms with E-state index in [4.69, 9.17) is 5.73 Å². The molecular formula is C13H14N2O2. The first-order valence-corrected chi connectivity index (χ1v) is 5.51. The normalized spacial score (nSPS) is 15.5. The third-order valence-corrected chi connectivity index (χ3v) is 2.73. The second kappa shape index (κ2) is 4.93. The van der Waals surface area contributed by atoms with Gasteiger partial charge in [0.05, 0.1) is 6.42 Å². The molecule has 1 aliphatic heterocycles. The van der Waals surface area contributed by atoms with Gasteiger partial charge in [-0.05, 0) is 11.6 Å². The largest absolute Gasteiger partial charge is 0.327 e. The minimum atomic E-state index is -0.224. The van der Waals surface area contributed by atoms with Gasteiger partial charge >= 0.3 is 0 Å². The third-order valence-electron chi connectivity index (χ3n) is 2.73. The fourth-order valence-corrected chi connectivity index (χ4v) is 1.86. The van der Waals surface area contributed by atoms with Gasteiger partial charge in [-0.15, -0.1) is 0 Å². The SMILES string of the molecule is NC/C=C/CN1C(=O)Cc2ccccc2C1=O. The van der Waals surface area contributed by atoms with Crippen LogP contribution in [-0.2, 0) is 11.2 Å². The lowest BCUT2D eigenvalue weighted by Crippen LogP contribution is -2.42. The summed E-state index contributed by atoms with van der Waals surface area (Å²) in [4.78, 5) is 25.1. The van der Waals surface area contributed by atoms with Crippen LogP contribution in [0.4, 0.5) is 0 Å². The number of imide groups is 1. The molecule has 0 aliphatic carbocycles. The van der Waals surface area contributed by atoms with Gasteiger partial charge < -0.3 is 5.73 Å². The minimum Gasteiger partial charge on any atom is -0.327 e. The molecule has 1 heterocycles. The summed E-state index contributed by atoms with van der Waals surface area (Å²) >= 11 is 0. The molecule has 1 aliphatic rings. The van der Waals surface area contributed by atoms with Gasteiger partial charge in [-0.2, -0.15) is 0 Å². The number of hydrogen-bond donors (Lipinski definition) is 1. The van der Waals surface area contributed by atoms with E-state index in [1.54, 1.807) is 24.3 Å². The van der Waals surface area contributed by atoms with Crippen molar-refractivity contribution in [2.75, 3.05) is 13.1 Å². The van der Waals surface area contributed by atoms with Crippen LogP contribution in [0, 0.1) is 0 Å². The molecule has 1 aromatic carbocycles. The quantitative estimate of drug-likeness (QED) is 0.615. The molecule has 0 radical (unpaired) electrons. The Morgan fingerprint density at radius 2 is 2.00 bits per heavy atom. The molecule has 2 amide bonds. The van der Waals surface area contributed by atoms with Gasteiger partial charge in [0, 0.05) is 18.7 Å². The molecule has 2 N–H and O–H groups in total. The van der Waals surface area contributed by atoms with Crippen LogP contribution >= 0.6 is 0 Å². The fourth-order valence-electron chi connectivity index (χ4n) is 1.86. The molecule has 0 fully saturated rings. The molecule has 0 aromatic heterocycles. The number of rotatable bonds is 3. The van der Waals surface area contributed by atoms with E-state index in [-0.39, 0.29) is 11.8 Å². The standard InChI is InChI=1S/C13H14N2O2/c14-7-3-4-8-15-12(16)9-10-5-1-2-6-11(10)13(15)17/h1-6H,7-9,14H2/b4-3+. The number of hydrogen-bond acceptors (Lipinski definition) is 3. The molecule has 1 aromatic rings. The molecule has 0 saturated carbocycles. The summed E-state index contributed by atoms with van der Waals surface area (Å²) in [5.41, 5.74) is 6.74. The van der Waals surface area contributed by atoms with E-state index in [0.717, 1.165) is 5.56 Å². The zero-order valence-corrected chi connectivity index (χ0v) is 9.43. The highest BCUT2D eigenvalue weighted by atomic mass is 16.2. The summed E-state index contributed by atoms with van der Waals surface area (Å²) in [6.07, 6.45) is 3.77. The zero-order valence-electron chi connectivity index (χ0n) is 9.43. The zero-order chi connectivity index (χ0) is 12.3. The summed E-state index contributed by atoms with van der Waals surface area (Å²) in [5.74, 6) is -0.381. The first-order chi connectivity index (χ1) is 8.24. The highest BCUT2D eigenvalue weighted by Crippen LogP contribution is 2.19. The predicted molar refractivity (Wildman–Crippen MR) is 64.4 cm³/mol. The Bertz CT molecular complexity index is 480. The number of carbonyl (C=O) groups excluding carboxylic acids is 2. The lowest BCUT2D eigenvalue weighted by Gasteiger charge is -2.25. The predicted octanol–water partition coefficient (Wildman–Crippen LogP) is 0.726. The van der Waals surface area contributed by atoms with Crippen LogP contribution in [-0.4, -0.2) is 29.8 Å². The van der Waals surface area contributed by atoms with Gasteiger partial charge in [0.25, 0.3) is 5.91 Å². The van der Waals surface area contributed by atoms with E-state index in [2.05, 4.69) is 0 Å². The van der Waals surface area contributed by atoms with Crippen molar-refractivity contribution in [3.63, 3.8) is 0 Å². The number of nitrogens with two attached hydrogens (primary N) is 1. The van der Waals surface area contributed by atoms with Crippen LogP contribution < -0.4 is 5.73 Å². The third kappa shape index (κ3) is 2.26. The second-order valence-electron chi connectivity index (χ2n) is 3.85. The van der Waals surface area contributed by atoms with Gasteiger partial charge in [0.15, 0.2) is 0 Å². The Kier molecular flexibility index (Phi) is 3.35. The molecular weight excluding hydrogens is 216 g/mol. The van der Waals surface area contributed by atoms with Crippen LogP contribution in [0.3, 0.4) is 0 Å². The van der Waals surface area contributed by atoms with Crippen LogP contribution in [0.25, 0.3) is 0 Å². The smallest absolute Gasteiger partial charge is 0.261 e. The van der Waals surface area contributed by atoms with Crippen molar-refractivity contribution in [2.45, 2.75) is 6.42 Å². The van der Waals surface area contributed by atoms with Crippen molar-refractivity contribution in [3.8, 4) is 0 Å². The van der Waals surface area contributed by atoms with E-state index >= 15 is 0 Å². The Morgan fingerprint density at radius 1 is 1.24 bits per heavy atom. The van der Waals surface area contributed by atoms with Gasteiger partial charge in [-0.1, -0.05) is 30.4 Å². The maximum absolute atomic E-state index is 12.1. The van der Waals surface area contributed by atoms with Crippen LogP contribution in [0.2, 0.25) is 0 Å². The molecule has 0 bridgehead atoms. The Labute approximate surface area is 99.7 Å². The highest BCUT2D eigenvalue weighted by Gasteiger charge is 2.29. The average molecular weight is 230 g/mol. The summed E-state index contributed by atoms with van der Waals surface area (Å²) in [7, 11) is 0. The maximum atomic E-state index is 12.1. The number of carbonyl (C=O) groups is 2. The maximum Gasteiger partial charge on any atom is 0.261 e. The fraction of sp³-hybridized carbons (Fsp3) is 0.231. The van der Waals surface area contributed by atoms with Crippen molar-refractivity contribution in [3.05, 3.63) is 47.5 Å². The molecule has 0 spiro atoms. The van der Waals surface area contributed by atoms with E-state index in [0.29, 0.717) is 25.1 Å². The molecule has 88 valence electrons. The number of benzene rings is 1. The topological polar surface area (TPSA) is 63.4 Å². The minimum absolute atomic E-state index is 0.157. The van der Waals surface area contributed by atoms with E-state index in [9.17, 15) is 9.59 Å². The molecule has 0 saturated heterocycles. The van der Waals surface area contributed by atoms with Gasteiger partial charge in [-0.3, -0.25) is 14.5 Å². The summed E-state index contributed by atoms with van der Waals surface area (Å²) < 4.78 is 0. The summed E-state index contributed by atoms with van der Waals surface area (Å²) in [5, 5.41) is 0. The summed E-state index contributed by atoms with van der Waals surface area (Å²) in [6, 6.07) is 7.21. The monoisotopic (exact) mass is 230 g/mol. The van der Waals surface area contributed by atoms with Gasteiger partial charge in [0.2, 0.25) is 5.91 Å². The first-order valence-electron chi connectivity index (χ1n) is 5.51. The number of nitrogens with zero attached hydrogens (tertiary/aromatic N) is 1. The van der Waals surface area contributed by atoms with Gasteiger partial charge in [0.1, 0.15) is 0 Å². The average Bonchev–Trinajstić information content (AvgIpc) is 2.33. The van der Waals surface area contributed by atoms with E-state index in [1.807, 2.05) is 12.1 Å². The van der Waals surface area contributed by atoms with Crippen molar-refractivity contribution in [1.29, 1.82) is 0 Å². The van der Waals surface area contributed by atoms with Crippen molar-refractivity contribution in [2.24, 2.45) is 5.73 Å². The van der Waals surface area contributed by atoms with Gasteiger partial charge in [-0.25, -0.2) is 0 Å². The van der Waals surface area contributed by atoms with E-state index < -0.39 is 0 Å². The number of fused-ring (bicyclic) bond motifs is 1. The molecule has 4 heteroatoms. The van der Waals surface area contributed by atoms with Crippen molar-refractivity contribution >= 4 is 11.8 Å². The lowest BCUT2D eigenvalue weighted by molar-refractivity contribution is -0.127. The highest BCUT2D eigenvalue weighted by molar-refractivity contribution is 6.09. The van der Waals surface area contributed by atoms with Crippen molar-refractivity contribution < 1.29 is 9.59 Å². The molecule has 2 rings (SSSR count). The van der Waals surface area contributed by atoms with Crippen molar-refractivity contribution in [1.82, 2.24) is 4.90 Å². The Balaban J connectivity index is 2.24. The number of amides is 2. The van der Waals surface area contributed by atoms with Crippen LogP contribution in [0.15, 0.2) is 36.4 Å². The molecule has 17 heavy (non-hydrogen) atoms. The summed E-state index contributed by atoms with van der Waals surface area (Å²) in [6.45, 7) is 0.704. The first kappa shape index (κ1) is 11.5. The molecule has 4 nitrogen and oxygen atoms in total.